The van der Waals surface area contributed by atoms with Crippen LogP contribution in [0.1, 0.15) is 21.5 Å². The third kappa shape index (κ3) is 3.52. The number of hydrogen-bond donors (Lipinski definition) is 1. The van der Waals surface area contributed by atoms with Crippen molar-refractivity contribution in [1.29, 1.82) is 0 Å². The SMILES string of the molecule is Cc1cc(F)ccc1CS(=O)c1ccc(F)c(C(=O)O)c1. The Morgan fingerprint density at radius 3 is 2.52 bits per heavy atom. The second-order valence-electron chi connectivity index (χ2n) is 4.51. The van der Waals surface area contributed by atoms with Crippen molar-refractivity contribution in [1.82, 2.24) is 0 Å². The van der Waals surface area contributed by atoms with E-state index in [1.807, 2.05) is 0 Å². The van der Waals surface area contributed by atoms with E-state index >= 15 is 0 Å². The number of carboxylic acid groups (broad SMARTS) is 1. The maximum atomic E-state index is 13.3. The molecule has 1 atom stereocenters. The van der Waals surface area contributed by atoms with Crippen molar-refractivity contribution < 1.29 is 22.9 Å². The highest BCUT2D eigenvalue weighted by Crippen LogP contribution is 2.19. The summed E-state index contributed by atoms with van der Waals surface area (Å²) in [5.74, 6) is -2.56. The van der Waals surface area contributed by atoms with Crippen molar-refractivity contribution in [3.63, 3.8) is 0 Å². The number of halogens is 2. The maximum Gasteiger partial charge on any atom is 0.338 e. The summed E-state index contributed by atoms with van der Waals surface area (Å²) in [4.78, 5) is 11.1. The summed E-state index contributed by atoms with van der Waals surface area (Å²) in [5, 5.41) is 8.86. The Morgan fingerprint density at radius 1 is 1.19 bits per heavy atom. The number of hydrogen-bond acceptors (Lipinski definition) is 2. The normalized spacial score (nSPS) is 12.1. The van der Waals surface area contributed by atoms with Crippen molar-refractivity contribution in [3.05, 3.63) is 64.7 Å². The van der Waals surface area contributed by atoms with Crippen molar-refractivity contribution >= 4 is 16.8 Å². The van der Waals surface area contributed by atoms with Gasteiger partial charge in [-0.2, -0.15) is 0 Å². The van der Waals surface area contributed by atoms with Gasteiger partial charge in [0.1, 0.15) is 11.6 Å². The van der Waals surface area contributed by atoms with Gasteiger partial charge in [0.15, 0.2) is 0 Å². The van der Waals surface area contributed by atoms with E-state index < -0.39 is 28.1 Å². The zero-order valence-electron chi connectivity index (χ0n) is 11.1. The first kappa shape index (κ1) is 15.3. The van der Waals surface area contributed by atoms with Crippen LogP contribution < -0.4 is 0 Å². The standard InChI is InChI=1S/C15H12F2O3S/c1-9-6-11(16)3-2-10(9)8-21(20)12-4-5-14(17)13(7-12)15(18)19/h2-7H,8H2,1H3,(H,18,19). The molecular formula is C15H12F2O3S. The van der Waals surface area contributed by atoms with Gasteiger partial charge >= 0.3 is 5.97 Å². The molecule has 21 heavy (non-hydrogen) atoms. The van der Waals surface area contributed by atoms with E-state index in [1.165, 1.54) is 24.3 Å². The molecule has 0 heterocycles. The summed E-state index contributed by atoms with van der Waals surface area (Å²) < 4.78 is 38.5. The van der Waals surface area contributed by atoms with Gasteiger partial charge in [-0.05, 0) is 48.4 Å². The fourth-order valence-corrected chi connectivity index (χ4v) is 3.10. The van der Waals surface area contributed by atoms with Crippen molar-refractivity contribution in [2.75, 3.05) is 0 Å². The van der Waals surface area contributed by atoms with Gasteiger partial charge in [0.25, 0.3) is 0 Å². The topological polar surface area (TPSA) is 54.4 Å². The lowest BCUT2D eigenvalue weighted by Crippen LogP contribution is -2.04. The molecule has 2 aromatic carbocycles. The van der Waals surface area contributed by atoms with Crippen LogP contribution in [0.5, 0.6) is 0 Å². The average Bonchev–Trinajstić information content (AvgIpc) is 2.42. The molecule has 0 aromatic heterocycles. The molecule has 0 bridgehead atoms. The Labute approximate surface area is 122 Å². The van der Waals surface area contributed by atoms with Gasteiger partial charge in [0.2, 0.25) is 0 Å². The Balaban J connectivity index is 2.28. The molecule has 0 aliphatic rings. The van der Waals surface area contributed by atoms with Crippen molar-refractivity contribution in [2.45, 2.75) is 17.6 Å². The van der Waals surface area contributed by atoms with Crippen LogP contribution in [0, 0.1) is 18.6 Å². The van der Waals surface area contributed by atoms with Crippen LogP contribution in [0.2, 0.25) is 0 Å². The molecule has 1 N–H and O–H groups in total. The highest BCUT2D eigenvalue weighted by molar-refractivity contribution is 7.84. The lowest BCUT2D eigenvalue weighted by molar-refractivity contribution is 0.0691. The molecule has 2 rings (SSSR count). The highest BCUT2D eigenvalue weighted by Gasteiger charge is 2.14. The fraction of sp³-hybridized carbons (Fsp3) is 0.133. The van der Waals surface area contributed by atoms with Crippen molar-refractivity contribution in [3.8, 4) is 0 Å². The summed E-state index contributed by atoms with van der Waals surface area (Å²) in [6.45, 7) is 1.70. The molecule has 0 spiro atoms. The number of carbonyl (C=O) groups is 1. The Morgan fingerprint density at radius 2 is 1.90 bits per heavy atom. The van der Waals surface area contributed by atoms with Crippen LogP contribution in [0.15, 0.2) is 41.3 Å². The lowest BCUT2D eigenvalue weighted by atomic mass is 10.1. The van der Waals surface area contributed by atoms with E-state index in [0.29, 0.717) is 11.1 Å². The van der Waals surface area contributed by atoms with Crippen LogP contribution in [-0.2, 0) is 16.6 Å². The minimum atomic E-state index is -1.54. The van der Waals surface area contributed by atoms with Gasteiger partial charge in [-0.25, -0.2) is 13.6 Å². The summed E-state index contributed by atoms with van der Waals surface area (Å²) in [5.41, 5.74) is 0.830. The van der Waals surface area contributed by atoms with E-state index in [0.717, 1.165) is 12.1 Å². The van der Waals surface area contributed by atoms with Crippen LogP contribution in [0.4, 0.5) is 8.78 Å². The first-order valence-electron chi connectivity index (χ1n) is 6.04. The van der Waals surface area contributed by atoms with Crippen molar-refractivity contribution in [2.24, 2.45) is 0 Å². The quantitative estimate of drug-likeness (QED) is 0.943. The molecule has 1 unspecified atom stereocenters. The Bertz CT molecular complexity index is 729. The summed E-state index contributed by atoms with van der Waals surface area (Å²) in [7, 11) is -1.54. The molecule has 6 heteroatoms. The molecule has 0 aliphatic carbocycles. The molecule has 3 nitrogen and oxygen atoms in total. The fourth-order valence-electron chi connectivity index (χ4n) is 1.86. The zero-order valence-corrected chi connectivity index (χ0v) is 11.9. The largest absolute Gasteiger partial charge is 0.478 e. The third-order valence-electron chi connectivity index (χ3n) is 3.02. The van der Waals surface area contributed by atoms with Crippen LogP contribution in [0.25, 0.3) is 0 Å². The predicted molar refractivity (Wildman–Crippen MR) is 74.6 cm³/mol. The average molecular weight is 310 g/mol. The van der Waals surface area contributed by atoms with E-state index in [4.69, 9.17) is 5.11 Å². The molecule has 0 saturated heterocycles. The summed E-state index contributed by atoms with van der Waals surface area (Å²) >= 11 is 0. The zero-order chi connectivity index (χ0) is 15.6. The molecule has 0 radical (unpaired) electrons. The van der Waals surface area contributed by atoms with Crippen LogP contribution in [-0.4, -0.2) is 15.3 Å². The smallest absolute Gasteiger partial charge is 0.338 e. The summed E-state index contributed by atoms with van der Waals surface area (Å²) in [6, 6.07) is 7.47. The molecular weight excluding hydrogens is 298 g/mol. The lowest BCUT2D eigenvalue weighted by Gasteiger charge is -2.07. The second kappa shape index (κ2) is 6.13. The van der Waals surface area contributed by atoms with Gasteiger partial charge in [-0.1, -0.05) is 6.07 Å². The molecule has 0 amide bonds. The minimum absolute atomic E-state index is 0.108. The van der Waals surface area contributed by atoms with Crippen LogP contribution in [0.3, 0.4) is 0 Å². The molecule has 0 fully saturated rings. The number of aryl methyl sites for hydroxylation is 1. The number of benzene rings is 2. The van der Waals surface area contributed by atoms with Gasteiger partial charge in [-0.3, -0.25) is 4.21 Å². The number of carboxylic acids is 1. The predicted octanol–water partition coefficient (Wildman–Crippen LogP) is 3.28. The minimum Gasteiger partial charge on any atom is -0.478 e. The first-order valence-corrected chi connectivity index (χ1v) is 7.36. The van der Waals surface area contributed by atoms with E-state index in [-0.39, 0.29) is 16.5 Å². The second-order valence-corrected chi connectivity index (χ2v) is 5.96. The Hall–Kier alpha value is -2.08. The van der Waals surface area contributed by atoms with Gasteiger partial charge in [0.05, 0.1) is 22.1 Å². The number of aromatic carboxylic acids is 1. The molecule has 110 valence electrons. The molecule has 2 aromatic rings. The first-order chi connectivity index (χ1) is 9.88. The summed E-state index contributed by atoms with van der Waals surface area (Å²) in [6.07, 6.45) is 0. The van der Waals surface area contributed by atoms with E-state index in [9.17, 15) is 17.8 Å². The van der Waals surface area contributed by atoms with Crippen LogP contribution >= 0.6 is 0 Å². The Kier molecular flexibility index (Phi) is 4.47. The monoisotopic (exact) mass is 310 g/mol. The third-order valence-corrected chi connectivity index (χ3v) is 4.38. The molecule has 0 saturated carbocycles. The van der Waals surface area contributed by atoms with E-state index in [1.54, 1.807) is 6.92 Å². The van der Waals surface area contributed by atoms with Gasteiger partial charge in [0, 0.05) is 4.90 Å². The highest BCUT2D eigenvalue weighted by atomic mass is 32.2. The molecule has 0 aliphatic heterocycles. The van der Waals surface area contributed by atoms with E-state index in [2.05, 4.69) is 0 Å². The van der Waals surface area contributed by atoms with Gasteiger partial charge in [-0.15, -0.1) is 0 Å². The maximum absolute atomic E-state index is 13.3. The number of rotatable bonds is 4. The van der Waals surface area contributed by atoms with Gasteiger partial charge < -0.3 is 5.11 Å².